The second kappa shape index (κ2) is 8.53. The molecule has 29 heavy (non-hydrogen) atoms. The number of ether oxygens (including phenoxy) is 3. The fourth-order valence-electron chi connectivity index (χ4n) is 2.96. The van der Waals surface area contributed by atoms with Gasteiger partial charge in [-0.15, -0.1) is 0 Å². The van der Waals surface area contributed by atoms with E-state index in [1.807, 2.05) is 6.07 Å². The summed E-state index contributed by atoms with van der Waals surface area (Å²) in [5.41, 5.74) is 2.89. The van der Waals surface area contributed by atoms with Gasteiger partial charge in [-0.05, 0) is 29.8 Å². The van der Waals surface area contributed by atoms with Crippen LogP contribution in [0.5, 0.6) is 17.2 Å². The predicted molar refractivity (Wildman–Crippen MR) is 105 cm³/mol. The average Bonchev–Trinajstić information content (AvgIpc) is 3.23. The smallest absolute Gasteiger partial charge is 0.436 e. The minimum atomic E-state index is -1.24. The maximum absolute atomic E-state index is 11.3. The molecule has 0 spiro atoms. The molecular weight excluding hydrogens is 380 g/mol. The molecule has 0 aliphatic rings. The molecule has 9 nitrogen and oxygen atoms in total. The number of hydrogen-bond donors (Lipinski definition) is 1. The summed E-state index contributed by atoms with van der Waals surface area (Å²) in [4.78, 5) is 16.3. The van der Waals surface area contributed by atoms with Gasteiger partial charge in [-0.3, -0.25) is 4.84 Å². The number of hydroxylamine groups is 1. The molecular formula is C20H20N2O7. The van der Waals surface area contributed by atoms with Gasteiger partial charge in [0, 0.05) is 11.1 Å². The zero-order valence-electron chi connectivity index (χ0n) is 16.3. The maximum Gasteiger partial charge on any atom is 0.436 e. The van der Waals surface area contributed by atoms with Gasteiger partial charge in [0.2, 0.25) is 5.75 Å². The second-order valence-corrected chi connectivity index (χ2v) is 5.80. The monoisotopic (exact) mass is 400 g/mol. The number of amides is 1. The Morgan fingerprint density at radius 3 is 2.24 bits per heavy atom. The normalized spacial score (nSPS) is 10.5. The van der Waals surface area contributed by atoms with Gasteiger partial charge in [-0.2, -0.15) is 5.06 Å². The molecule has 1 aromatic heterocycles. The summed E-state index contributed by atoms with van der Waals surface area (Å²) < 4.78 is 21.4. The Morgan fingerprint density at radius 1 is 1.00 bits per heavy atom. The van der Waals surface area contributed by atoms with Crippen LogP contribution in [0.2, 0.25) is 0 Å². The molecule has 0 fully saturated rings. The molecule has 3 aromatic rings. The van der Waals surface area contributed by atoms with Crippen LogP contribution in [-0.4, -0.2) is 44.8 Å². The van der Waals surface area contributed by atoms with Crippen molar-refractivity contribution in [1.82, 2.24) is 5.16 Å². The first kappa shape index (κ1) is 20.0. The Bertz CT molecular complexity index is 991. The quantitative estimate of drug-likeness (QED) is 0.592. The van der Waals surface area contributed by atoms with E-state index in [4.69, 9.17) is 23.6 Å². The Kier molecular flexibility index (Phi) is 5.89. The minimum absolute atomic E-state index is 0.342. The summed E-state index contributed by atoms with van der Waals surface area (Å²) in [6, 6.07) is 10.3. The molecule has 0 bridgehead atoms. The fourth-order valence-corrected chi connectivity index (χ4v) is 2.96. The molecule has 0 saturated heterocycles. The molecule has 1 N–H and O–H groups in total. The van der Waals surface area contributed by atoms with Gasteiger partial charge in [0.25, 0.3) is 0 Å². The Balaban J connectivity index is 2.11. The van der Waals surface area contributed by atoms with Gasteiger partial charge in [0.1, 0.15) is 12.0 Å². The van der Waals surface area contributed by atoms with Gasteiger partial charge < -0.3 is 23.8 Å². The Labute approximate surface area is 166 Å². The summed E-state index contributed by atoms with van der Waals surface area (Å²) in [6.45, 7) is 0. The number of benzene rings is 2. The number of carboxylic acid groups (broad SMARTS) is 1. The third-order valence-electron chi connectivity index (χ3n) is 4.26. The van der Waals surface area contributed by atoms with E-state index in [0.29, 0.717) is 45.3 Å². The highest BCUT2D eigenvalue weighted by Crippen LogP contribution is 2.43. The molecule has 1 amide bonds. The molecule has 0 radical (unpaired) electrons. The highest BCUT2D eigenvalue weighted by Gasteiger charge is 2.20. The molecule has 9 heteroatoms. The molecule has 0 atom stereocenters. The van der Waals surface area contributed by atoms with E-state index in [1.165, 1.54) is 34.7 Å². The summed E-state index contributed by atoms with van der Waals surface area (Å²) in [5.74, 6) is 1.41. The standard InChI is InChI=1S/C20H20N2O7/c1-25-16-9-13(10-17(26-2)19(16)27-3)18-15(11-29-21-18)12-6-5-7-14(8-12)22(28-4)20(23)24/h5-11H,1-4H3,(H,23,24). The van der Waals surface area contributed by atoms with Crippen LogP contribution >= 0.6 is 0 Å². The second-order valence-electron chi connectivity index (χ2n) is 5.80. The van der Waals surface area contributed by atoms with Crippen LogP contribution in [0.15, 0.2) is 47.2 Å². The van der Waals surface area contributed by atoms with Crippen molar-refractivity contribution in [1.29, 1.82) is 0 Å². The summed E-state index contributed by atoms with van der Waals surface area (Å²) in [5, 5.41) is 14.1. The Morgan fingerprint density at radius 2 is 1.69 bits per heavy atom. The van der Waals surface area contributed by atoms with Gasteiger partial charge in [0.15, 0.2) is 11.5 Å². The maximum atomic E-state index is 11.3. The number of aromatic nitrogens is 1. The van der Waals surface area contributed by atoms with Crippen LogP contribution in [0.4, 0.5) is 10.5 Å². The lowest BCUT2D eigenvalue weighted by Crippen LogP contribution is -2.27. The molecule has 3 rings (SSSR count). The number of anilines is 1. The van der Waals surface area contributed by atoms with Gasteiger partial charge in [-0.1, -0.05) is 17.3 Å². The number of methoxy groups -OCH3 is 3. The molecule has 0 aliphatic carbocycles. The lowest BCUT2D eigenvalue weighted by Gasteiger charge is -2.16. The third-order valence-corrected chi connectivity index (χ3v) is 4.26. The summed E-state index contributed by atoms with van der Waals surface area (Å²) in [7, 11) is 5.86. The van der Waals surface area contributed by atoms with E-state index < -0.39 is 6.09 Å². The highest BCUT2D eigenvalue weighted by atomic mass is 16.7. The van der Waals surface area contributed by atoms with Crippen molar-refractivity contribution in [2.24, 2.45) is 0 Å². The topological polar surface area (TPSA) is 103 Å². The largest absolute Gasteiger partial charge is 0.493 e. The lowest BCUT2D eigenvalue weighted by atomic mass is 10.0. The van der Waals surface area contributed by atoms with Crippen LogP contribution < -0.4 is 19.3 Å². The number of hydrogen-bond acceptors (Lipinski definition) is 7. The van der Waals surface area contributed by atoms with E-state index in [2.05, 4.69) is 5.16 Å². The molecule has 152 valence electrons. The zero-order chi connectivity index (χ0) is 21.0. The van der Waals surface area contributed by atoms with Crippen LogP contribution in [0.1, 0.15) is 0 Å². The molecule has 1 heterocycles. The predicted octanol–water partition coefficient (Wildman–Crippen LogP) is 4.08. The van der Waals surface area contributed by atoms with Crippen LogP contribution in [-0.2, 0) is 4.84 Å². The van der Waals surface area contributed by atoms with Crippen molar-refractivity contribution in [3.8, 4) is 39.6 Å². The lowest BCUT2D eigenvalue weighted by molar-refractivity contribution is 0.130. The number of rotatable bonds is 7. The van der Waals surface area contributed by atoms with Gasteiger partial charge >= 0.3 is 6.09 Å². The SMILES string of the molecule is COc1cc(-c2nocc2-c2cccc(N(OC)C(=O)O)c2)cc(OC)c1OC. The average molecular weight is 400 g/mol. The summed E-state index contributed by atoms with van der Waals surface area (Å²) >= 11 is 0. The van der Waals surface area contributed by atoms with Gasteiger partial charge in [-0.25, -0.2) is 4.79 Å². The van der Waals surface area contributed by atoms with E-state index in [1.54, 1.807) is 30.3 Å². The zero-order valence-corrected chi connectivity index (χ0v) is 16.3. The van der Waals surface area contributed by atoms with E-state index in [0.717, 1.165) is 5.06 Å². The van der Waals surface area contributed by atoms with Gasteiger partial charge in [0.05, 0.1) is 34.1 Å². The van der Waals surface area contributed by atoms with Crippen LogP contribution in [0, 0.1) is 0 Å². The number of carbonyl (C=O) groups is 1. The molecule has 0 aliphatic heterocycles. The van der Waals surface area contributed by atoms with E-state index in [9.17, 15) is 9.90 Å². The van der Waals surface area contributed by atoms with Crippen LogP contribution in [0.25, 0.3) is 22.4 Å². The molecule has 0 unspecified atom stereocenters. The van der Waals surface area contributed by atoms with Crippen molar-refractivity contribution >= 4 is 11.8 Å². The first-order valence-corrected chi connectivity index (χ1v) is 8.46. The van der Waals surface area contributed by atoms with Crippen molar-refractivity contribution in [3.05, 3.63) is 42.7 Å². The fraction of sp³-hybridized carbons (Fsp3) is 0.200. The number of nitrogens with zero attached hydrogens (tertiary/aromatic N) is 2. The third kappa shape index (κ3) is 3.81. The van der Waals surface area contributed by atoms with E-state index >= 15 is 0 Å². The molecule has 0 saturated carbocycles. The Hall–Kier alpha value is -3.72. The van der Waals surface area contributed by atoms with Crippen LogP contribution in [0.3, 0.4) is 0 Å². The van der Waals surface area contributed by atoms with Crippen molar-refractivity contribution in [2.75, 3.05) is 33.5 Å². The first-order chi connectivity index (χ1) is 14.0. The highest BCUT2D eigenvalue weighted by molar-refractivity contribution is 5.87. The van der Waals surface area contributed by atoms with Crippen molar-refractivity contribution in [2.45, 2.75) is 0 Å². The summed E-state index contributed by atoms with van der Waals surface area (Å²) in [6.07, 6.45) is 0.245. The first-order valence-electron chi connectivity index (χ1n) is 8.46. The minimum Gasteiger partial charge on any atom is -0.493 e. The van der Waals surface area contributed by atoms with Crippen molar-refractivity contribution < 1.29 is 33.5 Å². The van der Waals surface area contributed by atoms with E-state index in [-0.39, 0.29) is 0 Å². The van der Waals surface area contributed by atoms with Crippen molar-refractivity contribution in [3.63, 3.8) is 0 Å². The molecule has 2 aromatic carbocycles.